The van der Waals surface area contributed by atoms with Crippen LogP contribution in [0, 0.1) is 6.92 Å². The molecule has 1 N–H and O–H groups in total. The minimum atomic E-state index is -0.646. The van der Waals surface area contributed by atoms with Crippen LogP contribution in [0.2, 0.25) is 0 Å². The molecule has 0 radical (unpaired) electrons. The summed E-state index contributed by atoms with van der Waals surface area (Å²) in [7, 11) is 0. The van der Waals surface area contributed by atoms with Gasteiger partial charge in [-0.25, -0.2) is 4.79 Å². The van der Waals surface area contributed by atoms with Gasteiger partial charge in [0.2, 0.25) is 0 Å². The van der Waals surface area contributed by atoms with Crippen LogP contribution in [0.1, 0.15) is 103 Å². The molecule has 33 heavy (non-hydrogen) atoms. The second-order valence-electron chi connectivity index (χ2n) is 11.2. The number of carbonyl (C=O) groups is 1. The van der Waals surface area contributed by atoms with Crippen LogP contribution < -0.4 is 5.32 Å². The Morgan fingerprint density at radius 2 is 1.67 bits per heavy atom. The molecule has 1 fully saturated rings. The summed E-state index contributed by atoms with van der Waals surface area (Å²) in [6, 6.07) is 6.84. The standard InChI is InChI=1S/C28H47NO4/c1-8-9-10-11-12-13-14-23-15-16-24(22(2)19-23)17-18-28(20-31-27(6,7)32-21-28)29-25(30)33-26(3,4)5/h15-16,19H,8-14,17-18,20-21H2,1-7H3,(H,29,30). The third-order valence-electron chi connectivity index (χ3n) is 6.26. The van der Waals surface area contributed by atoms with Crippen molar-refractivity contribution in [1.82, 2.24) is 5.32 Å². The monoisotopic (exact) mass is 461 g/mol. The van der Waals surface area contributed by atoms with Crippen molar-refractivity contribution in [3.8, 4) is 0 Å². The van der Waals surface area contributed by atoms with Gasteiger partial charge in [0.15, 0.2) is 5.79 Å². The molecule has 0 atom stereocenters. The Morgan fingerprint density at radius 3 is 2.27 bits per heavy atom. The summed E-state index contributed by atoms with van der Waals surface area (Å²) in [5.74, 6) is -0.646. The highest BCUT2D eigenvalue weighted by atomic mass is 16.7. The molecule has 1 aromatic carbocycles. The van der Waals surface area contributed by atoms with Gasteiger partial charge in [-0.05, 0) is 83.9 Å². The molecule has 2 rings (SSSR count). The van der Waals surface area contributed by atoms with Crippen LogP contribution in [0.15, 0.2) is 18.2 Å². The van der Waals surface area contributed by atoms with E-state index in [1.54, 1.807) is 0 Å². The first-order valence-corrected chi connectivity index (χ1v) is 12.8. The molecule has 0 aromatic heterocycles. The highest BCUT2D eigenvalue weighted by molar-refractivity contribution is 5.69. The van der Waals surface area contributed by atoms with Crippen LogP contribution in [0.3, 0.4) is 0 Å². The van der Waals surface area contributed by atoms with Gasteiger partial charge >= 0.3 is 6.09 Å². The number of ether oxygens (including phenoxy) is 3. The highest BCUT2D eigenvalue weighted by Gasteiger charge is 2.42. The third-order valence-corrected chi connectivity index (χ3v) is 6.26. The Balaban J connectivity index is 1.96. The number of unbranched alkanes of at least 4 members (excludes halogenated alkanes) is 5. The van der Waals surface area contributed by atoms with Gasteiger partial charge in [-0.15, -0.1) is 0 Å². The zero-order valence-corrected chi connectivity index (χ0v) is 22.1. The van der Waals surface area contributed by atoms with Gasteiger partial charge in [0.05, 0.1) is 18.8 Å². The number of carbonyl (C=O) groups excluding carboxylic acids is 1. The molecule has 1 heterocycles. The summed E-state index contributed by atoms with van der Waals surface area (Å²) >= 11 is 0. The molecule has 1 aromatic rings. The van der Waals surface area contributed by atoms with Gasteiger partial charge < -0.3 is 19.5 Å². The number of benzene rings is 1. The molecular weight excluding hydrogens is 414 g/mol. The summed E-state index contributed by atoms with van der Waals surface area (Å²) in [5, 5.41) is 3.07. The summed E-state index contributed by atoms with van der Waals surface area (Å²) in [6.07, 6.45) is 10.2. The van der Waals surface area contributed by atoms with Gasteiger partial charge in [-0.2, -0.15) is 0 Å². The minimum absolute atomic E-state index is 0.397. The van der Waals surface area contributed by atoms with E-state index in [-0.39, 0.29) is 0 Å². The van der Waals surface area contributed by atoms with Gasteiger partial charge in [-0.3, -0.25) is 0 Å². The summed E-state index contributed by atoms with van der Waals surface area (Å²) in [6.45, 7) is 14.6. The molecule has 1 saturated heterocycles. The lowest BCUT2D eigenvalue weighted by Gasteiger charge is -2.44. The van der Waals surface area contributed by atoms with Gasteiger partial charge in [0, 0.05) is 0 Å². The van der Waals surface area contributed by atoms with Crippen molar-refractivity contribution in [1.29, 1.82) is 0 Å². The number of nitrogens with one attached hydrogen (secondary N) is 1. The molecule has 0 aliphatic carbocycles. The first-order valence-electron chi connectivity index (χ1n) is 12.8. The van der Waals surface area contributed by atoms with Crippen LogP contribution in [0.4, 0.5) is 4.79 Å². The van der Waals surface area contributed by atoms with Crippen LogP contribution >= 0.6 is 0 Å². The summed E-state index contributed by atoms with van der Waals surface area (Å²) < 4.78 is 17.4. The normalized spacial score (nSPS) is 17.5. The second kappa shape index (κ2) is 12.2. The Kier molecular flexibility index (Phi) is 10.2. The number of alkyl carbamates (subject to hydrolysis) is 1. The molecule has 0 bridgehead atoms. The zero-order chi connectivity index (χ0) is 24.5. The molecule has 0 saturated carbocycles. The molecule has 0 spiro atoms. The second-order valence-corrected chi connectivity index (χ2v) is 11.2. The van der Waals surface area contributed by atoms with Crippen LogP contribution in [-0.4, -0.2) is 36.2 Å². The van der Waals surface area contributed by atoms with E-state index in [0.717, 1.165) is 19.3 Å². The number of hydrogen-bond acceptors (Lipinski definition) is 4. The maximum Gasteiger partial charge on any atom is 0.408 e. The van der Waals surface area contributed by atoms with Crippen molar-refractivity contribution >= 4 is 6.09 Å². The first-order chi connectivity index (χ1) is 15.4. The van der Waals surface area contributed by atoms with E-state index in [4.69, 9.17) is 14.2 Å². The SMILES string of the molecule is CCCCCCCCc1ccc(CCC2(NC(=O)OC(C)(C)C)COC(C)(C)OC2)c(C)c1. The average Bonchev–Trinajstić information content (AvgIpc) is 2.71. The largest absolute Gasteiger partial charge is 0.444 e. The zero-order valence-electron chi connectivity index (χ0n) is 22.1. The first kappa shape index (κ1) is 27.7. The Hall–Kier alpha value is -1.59. The maximum absolute atomic E-state index is 12.6. The van der Waals surface area contributed by atoms with Gasteiger partial charge in [-0.1, -0.05) is 57.2 Å². The Labute approximate surface area is 202 Å². The van der Waals surface area contributed by atoms with Crippen molar-refractivity contribution < 1.29 is 19.0 Å². The van der Waals surface area contributed by atoms with Crippen molar-refractivity contribution in [2.45, 2.75) is 123 Å². The maximum atomic E-state index is 12.6. The van der Waals surface area contributed by atoms with Crippen molar-refractivity contribution in [3.05, 3.63) is 34.9 Å². The number of amides is 1. The predicted octanol–water partition coefficient (Wildman–Crippen LogP) is 6.88. The molecular formula is C28H47NO4. The Morgan fingerprint density at radius 1 is 1.03 bits per heavy atom. The highest BCUT2D eigenvalue weighted by Crippen LogP contribution is 2.28. The molecule has 188 valence electrons. The van der Waals surface area contributed by atoms with Crippen LogP contribution in [-0.2, 0) is 27.1 Å². The van der Waals surface area contributed by atoms with E-state index in [0.29, 0.717) is 13.2 Å². The smallest absolute Gasteiger partial charge is 0.408 e. The van der Waals surface area contributed by atoms with Gasteiger partial charge in [0.1, 0.15) is 5.60 Å². The molecule has 1 aliphatic heterocycles. The lowest BCUT2D eigenvalue weighted by atomic mass is 9.89. The molecule has 1 aliphatic rings. The summed E-state index contributed by atoms with van der Waals surface area (Å²) in [5.41, 5.74) is 2.87. The number of rotatable bonds is 11. The Bertz CT molecular complexity index is 741. The lowest BCUT2D eigenvalue weighted by molar-refractivity contribution is -0.271. The number of aryl methyl sites for hydroxylation is 3. The fourth-order valence-electron chi connectivity index (χ4n) is 4.18. The van der Waals surface area contributed by atoms with Gasteiger partial charge in [0.25, 0.3) is 0 Å². The lowest BCUT2D eigenvalue weighted by Crippen LogP contribution is -2.61. The van der Waals surface area contributed by atoms with Crippen molar-refractivity contribution in [2.75, 3.05) is 13.2 Å². The third kappa shape index (κ3) is 10.1. The van der Waals surface area contributed by atoms with E-state index >= 15 is 0 Å². The van der Waals surface area contributed by atoms with Crippen LogP contribution in [0.25, 0.3) is 0 Å². The van der Waals surface area contributed by atoms with E-state index in [1.165, 1.54) is 55.2 Å². The quantitative estimate of drug-likeness (QED) is 0.365. The van der Waals surface area contributed by atoms with Crippen molar-refractivity contribution in [2.24, 2.45) is 0 Å². The topological polar surface area (TPSA) is 56.8 Å². The van der Waals surface area contributed by atoms with Crippen LogP contribution in [0.5, 0.6) is 0 Å². The molecule has 1 amide bonds. The fourth-order valence-corrected chi connectivity index (χ4v) is 4.18. The van der Waals surface area contributed by atoms with E-state index in [9.17, 15) is 4.79 Å². The predicted molar refractivity (Wildman–Crippen MR) is 135 cm³/mol. The molecule has 0 unspecified atom stereocenters. The van der Waals surface area contributed by atoms with E-state index < -0.39 is 23.0 Å². The number of hydrogen-bond donors (Lipinski definition) is 1. The minimum Gasteiger partial charge on any atom is -0.444 e. The van der Waals surface area contributed by atoms with Crippen molar-refractivity contribution in [3.63, 3.8) is 0 Å². The molecule has 5 nitrogen and oxygen atoms in total. The fraction of sp³-hybridized carbons (Fsp3) is 0.750. The summed E-state index contributed by atoms with van der Waals surface area (Å²) in [4.78, 5) is 12.6. The average molecular weight is 462 g/mol. The molecule has 5 heteroatoms. The van der Waals surface area contributed by atoms with E-state index in [1.807, 2.05) is 34.6 Å². The van der Waals surface area contributed by atoms with E-state index in [2.05, 4.69) is 37.4 Å².